The van der Waals surface area contributed by atoms with Crippen molar-refractivity contribution in [1.82, 2.24) is 0 Å². The molecule has 0 aliphatic carbocycles. The molecule has 0 radical (unpaired) electrons. The molecule has 1 amide bonds. The van der Waals surface area contributed by atoms with Gasteiger partial charge in [0, 0.05) is 24.3 Å². The van der Waals surface area contributed by atoms with Gasteiger partial charge in [0.05, 0.1) is 12.3 Å². The van der Waals surface area contributed by atoms with Crippen LogP contribution in [0.1, 0.15) is 43.5 Å². The summed E-state index contributed by atoms with van der Waals surface area (Å²) in [5, 5.41) is 2.77. The third-order valence-electron chi connectivity index (χ3n) is 4.58. The van der Waals surface area contributed by atoms with Gasteiger partial charge >= 0.3 is 0 Å². The van der Waals surface area contributed by atoms with Crippen LogP contribution < -0.4 is 15.0 Å². The molecule has 5 heteroatoms. The molecule has 1 saturated heterocycles. The highest BCUT2D eigenvalue weighted by Gasteiger charge is 2.16. The van der Waals surface area contributed by atoms with Crippen molar-refractivity contribution in [2.24, 2.45) is 5.92 Å². The number of hydrogen-bond acceptors (Lipinski definition) is 3. The van der Waals surface area contributed by atoms with Gasteiger partial charge in [0.1, 0.15) is 11.6 Å². The molecule has 3 rings (SSSR count). The number of ether oxygens (including phenoxy) is 1. The number of hydrogen-bond donors (Lipinski definition) is 1. The highest BCUT2D eigenvalue weighted by atomic mass is 19.1. The molecule has 1 aliphatic rings. The van der Waals surface area contributed by atoms with Crippen molar-refractivity contribution in [2.75, 3.05) is 29.9 Å². The van der Waals surface area contributed by atoms with E-state index in [0.717, 1.165) is 25.9 Å². The van der Waals surface area contributed by atoms with Crippen LogP contribution in [0, 0.1) is 11.7 Å². The van der Waals surface area contributed by atoms with Gasteiger partial charge in [-0.1, -0.05) is 19.9 Å². The largest absolute Gasteiger partial charge is 0.493 e. The summed E-state index contributed by atoms with van der Waals surface area (Å²) in [6.07, 6.45) is 3.38. The maximum atomic E-state index is 14.5. The Bertz CT molecular complexity index is 786. The Morgan fingerprint density at radius 2 is 1.93 bits per heavy atom. The molecule has 1 aliphatic heterocycles. The summed E-state index contributed by atoms with van der Waals surface area (Å²) in [6.45, 7) is 6.49. The van der Waals surface area contributed by atoms with E-state index in [1.54, 1.807) is 30.3 Å². The lowest BCUT2D eigenvalue weighted by atomic mass is 10.1. The SMILES string of the molecule is CC(C)COc1cccc(C(=O)Nc2ccc(N3CCCCC3)c(F)c2)c1. The van der Waals surface area contributed by atoms with Crippen molar-refractivity contribution < 1.29 is 13.9 Å². The zero-order valence-electron chi connectivity index (χ0n) is 16.0. The summed E-state index contributed by atoms with van der Waals surface area (Å²) >= 11 is 0. The van der Waals surface area contributed by atoms with Gasteiger partial charge in [0.15, 0.2) is 0 Å². The predicted octanol–water partition coefficient (Wildman–Crippen LogP) is 5.10. The molecule has 2 aromatic rings. The first-order valence-corrected chi connectivity index (χ1v) is 9.61. The molecule has 4 nitrogen and oxygen atoms in total. The Morgan fingerprint density at radius 1 is 1.15 bits per heavy atom. The minimum Gasteiger partial charge on any atom is -0.493 e. The summed E-state index contributed by atoms with van der Waals surface area (Å²) in [7, 11) is 0. The fraction of sp³-hybridized carbons (Fsp3) is 0.409. The predicted molar refractivity (Wildman–Crippen MR) is 107 cm³/mol. The topological polar surface area (TPSA) is 41.6 Å². The standard InChI is InChI=1S/C22H27FN2O2/c1-16(2)15-27-19-8-6-7-17(13-19)22(26)24-18-9-10-21(20(23)14-18)25-11-4-3-5-12-25/h6-10,13-14,16H,3-5,11-12,15H2,1-2H3,(H,24,26). The molecule has 0 atom stereocenters. The first-order valence-electron chi connectivity index (χ1n) is 9.61. The second-order valence-electron chi connectivity index (χ2n) is 7.40. The van der Waals surface area contributed by atoms with Crippen LogP contribution in [0.15, 0.2) is 42.5 Å². The van der Waals surface area contributed by atoms with Gasteiger partial charge in [-0.2, -0.15) is 0 Å². The molecular formula is C22H27FN2O2. The second kappa shape index (κ2) is 8.89. The number of halogens is 1. The smallest absolute Gasteiger partial charge is 0.255 e. The average molecular weight is 370 g/mol. The number of rotatable bonds is 6. The fourth-order valence-electron chi connectivity index (χ4n) is 3.17. The Kier molecular flexibility index (Phi) is 6.32. The number of nitrogens with zero attached hydrogens (tertiary/aromatic N) is 1. The minimum absolute atomic E-state index is 0.282. The average Bonchev–Trinajstić information content (AvgIpc) is 2.67. The van der Waals surface area contributed by atoms with Crippen molar-refractivity contribution in [2.45, 2.75) is 33.1 Å². The summed E-state index contributed by atoms with van der Waals surface area (Å²) in [5.41, 5.74) is 1.54. The number of carbonyl (C=O) groups is 1. The van der Waals surface area contributed by atoms with Crippen LogP contribution >= 0.6 is 0 Å². The third-order valence-corrected chi connectivity index (χ3v) is 4.58. The molecule has 0 spiro atoms. The number of piperidine rings is 1. The zero-order chi connectivity index (χ0) is 19.2. The zero-order valence-corrected chi connectivity index (χ0v) is 16.0. The maximum absolute atomic E-state index is 14.5. The van der Waals surface area contributed by atoms with Crippen molar-refractivity contribution in [3.05, 3.63) is 53.8 Å². The van der Waals surface area contributed by atoms with Crippen LogP contribution in [-0.2, 0) is 0 Å². The fourth-order valence-corrected chi connectivity index (χ4v) is 3.17. The highest BCUT2D eigenvalue weighted by molar-refractivity contribution is 6.04. The van der Waals surface area contributed by atoms with E-state index in [0.29, 0.717) is 35.2 Å². The normalized spacial score (nSPS) is 14.3. The first kappa shape index (κ1) is 19.2. The molecule has 1 heterocycles. The Hall–Kier alpha value is -2.56. The van der Waals surface area contributed by atoms with Gasteiger partial charge in [-0.15, -0.1) is 0 Å². The molecule has 2 aromatic carbocycles. The molecule has 1 N–H and O–H groups in total. The Morgan fingerprint density at radius 3 is 2.63 bits per heavy atom. The monoisotopic (exact) mass is 370 g/mol. The van der Waals surface area contributed by atoms with Crippen LogP contribution in [0.5, 0.6) is 5.75 Å². The summed E-state index contributed by atoms with van der Waals surface area (Å²) in [5.74, 6) is 0.477. The molecular weight excluding hydrogens is 343 g/mol. The lowest BCUT2D eigenvalue weighted by Crippen LogP contribution is -2.30. The number of carbonyl (C=O) groups excluding carboxylic acids is 1. The minimum atomic E-state index is -0.302. The first-order chi connectivity index (χ1) is 13.0. The van der Waals surface area contributed by atoms with Crippen LogP contribution in [0.3, 0.4) is 0 Å². The quantitative estimate of drug-likeness (QED) is 0.769. The lowest BCUT2D eigenvalue weighted by Gasteiger charge is -2.29. The Labute approximate surface area is 160 Å². The number of amides is 1. The van der Waals surface area contributed by atoms with Gasteiger partial charge in [-0.3, -0.25) is 4.79 Å². The van der Waals surface area contributed by atoms with Crippen LogP contribution in [0.2, 0.25) is 0 Å². The third kappa shape index (κ3) is 5.22. The summed E-state index contributed by atoms with van der Waals surface area (Å²) in [6, 6.07) is 11.9. The molecule has 27 heavy (non-hydrogen) atoms. The molecule has 1 fully saturated rings. The lowest BCUT2D eigenvalue weighted by molar-refractivity contribution is 0.102. The molecule has 144 valence electrons. The van der Waals surface area contributed by atoms with Crippen LogP contribution in [-0.4, -0.2) is 25.6 Å². The highest BCUT2D eigenvalue weighted by Crippen LogP contribution is 2.26. The number of benzene rings is 2. The second-order valence-corrected chi connectivity index (χ2v) is 7.40. The van der Waals surface area contributed by atoms with E-state index in [2.05, 4.69) is 24.1 Å². The molecule has 0 bridgehead atoms. The van der Waals surface area contributed by atoms with E-state index in [4.69, 9.17) is 4.74 Å². The summed E-state index contributed by atoms with van der Waals surface area (Å²) in [4.78, 5) is 14.6. The van der Waals surface area contributed by atoms with Gasteiger partial charge in [-0.05, 0) is 61.6 Å². The van der Waals surface area contributed by atoms with Crippen molar-refractivity contribution in [3.63, 3.8) is 0 Å². The van der Waals surface area contributed by atoms with E-state index in [9.17, 15) is 9.18 Å². The van der Waals surface area contributed by atoms with Crippen molar-refractivity contribution in [1.29, 1.82) is 0 Å². The van der Waals surface area contributed by atoms with Gasteiger partial charge < -0.3 is 15.0 Å². The van der Waals surface area contributed by atoms with Crippen LogP contribution in [0.4, 0.5) is 15.8 Å². The molecule has 0 saturated carbocycles. The van der Waals surface area contributed by atoms with E-state index < -0.39 is 0 Å². The van der Waals surface area contributed by atoms with E-state index in [1.165, 1.54) is 12.5 Å². The Balaban J connectivity index is 1.67. The maximum Gasteiger partial charge on any atom is 0.255 e. The van der Waals surface area contributed by atoms with Gasteiger partial charge in [0.2, 0.25) is 0 Å². The van der Waals surface area contributed by atoms with E-state index >= 15 is 0 Å². The van der Waals surface area contributed by atoms with E-state index in [1.807, 2.05) is 6.07 Å². The summed E-state index contributed by atoms with van der Waals surface area (Å²) < 4.78 is 20.2. The van der Waals surface area contributed by atoms with Crippen molar-refractivity contribution >= 4 is 17.3 Å². The van der Waals surface area contributed by atoms with Gasteiger partial charge in [0.25, 0.3) is 5.91 Å². The van der Waals surface area contributed by atoms with Crippen molar-refractivity contribution in [3.8, 4) is 5.75 Å². The molecule has 0 unspecified atom stereocenters. The van der Waals surface area contributed by atoms with Crippen LogP contribution in [0.25, 0.3) is 0 Å². The number of nitrogens with one attached hydrogen (secondary N) is 1. The van der Waals surface area contributed by atoms with E-state index in [-0.39, 0.29) is 11.7 Å². The number of anilines is 2. The van der Waals surface area contributed by atoms with Gasteiger partial charge in [-0.25, -0.2) is 4.39 Å². The molecule has 0 aromatic heterocycles.